The Morgan fingerprint density at radius 1 is 1.33 bits per heavy atom. The van der Waals surface area contributed by atoms with Gasteiger partial charge in [0, 0.05) is 22.8 Å². The van der Waals surface area contributed by atoms with Crippen molar-refractivity contribution in [2.75, 3.05) is 30.9 Å². The van der Waals surface area contributed by atoms with E-state index in [-0.39, 0.29) is 0 Å². The first-order valence-electron chi connectivity index (χ1n) is 7.14. The first-order chi connectivity index (χ1) is 10.4. The zero-order valence-electron chi connectivity index (χ0n) is 12.0. The van der Waals surface area contributed by atoms with E-state index in [0.717, 1.165) is 35.9 Å². The van der Waals surface area contributed by atoms with Gasteiger partial charge in [-0.2, -0.15) is 16.7 Å². The first kappa shape index (κ1) is 14.9. The third kappa shape index (κ3) is 3.62. The van der Waals surface area contributed by atoms with Gasteiger partial charge < -0.3 is 9.84 Å². The fraction of sp³-hybridized carbons (Fsp3) is 0.467. The van der Waals surface area contributed by atoms with Crippen LogP contribution in [0.5, 0.6) is 0 Å². The van der Waals surface area contributed by atoms with E-state index in [0.29, 0.717) is 11.1 Å². The molecule has 0 aliphatic carbocycles. The molecule has 0 amide bonds. The summed E-state index contributed by atoms with van der Waals surface area (Å²) in [5.41, 5.74) is 2.30. The van der Waals surface area contributed by atoms with Gasteiger partial charge >= 0.3 is 0 Å². The monoisotopic (exact) mass is 321 g/mol. The number of nitrogens with zero attached hydrogens (tertiary/aromatic N) is 2. The predicted molar refractivity (Wildman–Crippen MR) is 89.9 cm³/mol. The summed E-state index contributed by atoms with van der Waals surface area (Å²) in [4.78, 5) is 4.64. The van der Waals surface area contributed by atoms with Crippen LogP contribution in [0.1, 0.15) is 16.6 Å². The standard InChI is InChI=1S/C15H19N3OS2/c1-16-7-6-11-4-2-3-5-12(11)15-17-14(18-19-15)13-10-20-8-9-21-13/h2-5,13,16H,6-10H2,1H3. The highest BCUT2D eigenvalue weighted by molar-refractivity contribution is 8.06. The summed E-state index contributed by atoms with van der Waals surface area (Å²) in [5.74, 6) is 4.94. The smallest absolute Gasteiger partial charge is 0.258 e. The number of likely N-dealkylation sites (N-methyl/N-ethyl adjacent to an activating group) is 1. The molecule has 21 heavy (non-hydrogen) atoms. The Balaban J connectivity index is 1.82. The zero-order valence-corrected chi connectivity index (χ0v) is 13.7. The number of aromatic nitrogens is 2. The van der Waals surface area contributed by atoms with Crippen LogP contribution in [-0.4, -0.2) is 41.0 Å². The minimum absolute atomic E-state index is 0.366. The minimum atomic E-state index is 0.366. The van der Waals surface area contributed by atoms with E-state index >= 15 is 0 Å². The highest BCUT2D eigenvalue weighted by atomic mass is 32.2. The second-order valence-corrected chi connectivity index (χ2v) is 7.36. The van der Waals surface area contributed by atoms with Crippen molar-refractivity contribution in [2.45, 2.75) is 11.7 Å². The fourth-order valence-corrected chi connectivity index (χ4v) is 4.91. The Morgan fingerprint density at radius 3 is 3.05 bits per heavy atom. The molecule has 1 aliphatic heterocycles. The lowest BCUT2D eigenvalue weighted by molar-refractivity contribution is 0.422. The number of thioether (sulfide) groups is 2. The summed E-state index contributed by atoms with van der Waals surface area (Å²) in [6.45, 7) is 0.938. The molecule has 1 aromatic heterocycles. The van der Waals surface area contributed by atoms with E-state index in [1.165, 1.54) is 11.3 Å². The van der Waals surface area contributed by atoms with Gasteiger partial charge in [0.15, 0.2) is 5.82 Å². The van der Waals surface area contributed by atoms with Crippen LogP contribution in [0.2, 0.25) is 0 Å². The molecule has 0 bridgehead atoms. The van der Waals surface area contributed by atoms with Gasteiger partial charge in [0.2, 0.25) is 0 Å². The van der Waals surface area contributed by atoms with Gasteiger partial charge in [0.1, 0.15) is 0 Å². The lowest BCUT2D eigenvalue weighted by Crippen LogP contribution is -2.11. The zero-order chi connectivity index (χ0) is 14.5. The average molecular weight is 321 g/mol. The number of rotatable bonds is 5. The highest BCUT2D eigenvalue weighted by Crippen LogP contribution is 2.36. The maximum Gasteiger partial charge on any atom is 0.258 e. The average Bonchev–Trinajstić information content (AvgIpc) is 3.04. The molecule has 2 heterocycles. The Morgan fingerprint density at radius 2 is 2.24 bits per heavy atom. The Labute approximate surface area is 133 Å². The van der Waals surface area contributed by atoms with Crippen LogP contribution < -0.4 is 5.32 Å². The number of nitrogens with one attached hydrogen (secondary N) is 1. The summed E-state index contributed by atoms with van der Waals surface area (Å²) < 4.78 is 5.52. The van der Waals surface area contributed by atoms with Crippen LogP contribution in [0.15, 0.2) is 28.8 Å². The van der Waals surface area contributed by atoms with Crippen molar-refractivity contribution in [3.8, 4) is 11.5 Å². The summed E-state index contributed by atoms with van der Waals surface area (Å²) >= 11 is 3.89. The van der Waals surface area contributed by atoms with Crippen molar-refractivity contribution in [3.63, 3.8) is 0 Å². The van der Waals surface area contributed by atoms with Crippen LogP contribution in [0.3, 0.4) is 0 Å². The van der Waals surface area contributed by atoms with E-state index in [1.54, 1.807) is 0 Å². The molecule has 1 aromatic carbocycles. The van der Waals surface area contributed by atoms with Crippen LogP contribution in [0, 0.1) is 0 Å². The molecule has 112 valence electrons. The van der Waals surface area contributed by atoms with Crippen molar-refractivity contribution < 1.29 is 4.52 Å². The second kappa shape index (κ2) is 7.33. The topological polar surface area (TPSA) is 51.0 Å². The molecule has 0 radical (unpaired) electrons. The summed E-state index contributed by atoms with van der Waals surface area (Å²) in [6.07, 6.45) is 0.957. The molecule has 1 aliphatic rings. The van der Waals surface area contributed by atoms with Gasteiger partial charge in [-0.05, 0) is 31.6 Å². The van der Waals surface area contributed by atoms with Crippen molar-refractivity contribution in [3.05, 3.63) is 35.7 Å². The van der Waals surface area contributed by atoms with Crippen molar-refractivity contribution >= 4 is 23.5 Å². The lowest BCUT2D eigenvalue weighted by atomic mass is 10.0. The SMILES string of the molecule is CNCCc1ccccc1-c1nc(C2CSCCS2)no1. The molecule has 1 unspecified atom stereocenters. The molecular weight excluding hydrogens is 302 g/mol. The van der Waals surface area contributed by atoms with Crippen molar-refractivity contribution in [1.82, 2.24) is 15.5 Å². The van der Waals surface area contributed by atoms with E-state index in [9.17, 15) is 0 Å². The lowest BCUT2D eigenvalue weighted by Gasteiger charge is -2.17. The summed E-state index contributed by atoms with van der Waals surface area (Å²) in [5, 5.41) is 7.75. The number of hydrogen-bond donors (Lipinski definition) is 1. The van der Waals surface area contributed by atoms with Crippen molar-refractivity contribution in [1.29, 1.82) is 0 Å². The quantitative estimate of drug-likeness (QED) is 0.913. The van der Waals surface area contributed by atoms with E-state index in [2.05, 4.69) is 33.7 Å². The first-order valence-corrected chi connectivity index (χ1v) is 9.34. The normalized spacial score (nSPS) is 18.8. The van der Waals surface area contributed by atoms with E-state index in [1.807, 2.05) is 36.6 Å². The maximum absolute atomic E-state index is 5.52. The Bertz CT molecular complexity index is 582. The molecule has 1 N–H and O–H groups in total. The fourth-order valence-electron chi connectivity index (χ4n) is 2.32. The van der Waals surface area contributed by atoms with Gasteiger partial charge in [-0.1, -0.05) is 23.4 Å². The van der Waals surface area contributed by atoms with Crippen LogP contribution in [-0.2, 0) is 6.42 Å². The predicted octanol–water partition coefficient (Wildman–Crippen LogP) is 3.02. The largest absolute Gasteiger partial charge is 0.334 e. The summed E-state index contributed by atoms with van der Waals surface area (Å²) in [7, 11) is 1.96. The second-order valence-electron chi connectivity index (χ2n) is 4.90. The molecule has 3 rings (SSSR count). The van der Waals surface area contributed by atoms with Crippen molar-refractivity contribution in [2.24, 2.45) is 0 Å². The molecule has 2 aromatic rings. The maximum atomic E-state index is 5.52. The van der Waals surface area contributed by atoms with Gasteiger partial charge in [-0.3, -0.25) is 0 Å². The molecule has 0 spiro atoms. The third-order valence-electron chi connectivity index (χ3n) is 3.44. The van der Waals surface area contributed by atoms with Crippen LogP contribution in [0.25, 0.3) is 11.5 Å². The Hall–Kier alpha value is -0.980. The molecule has 1 atom stereocenters. The molecule has 0 saturated carbocycles. The van der Waals surface area contributed by atoms with Gasteiger partial charge in [-0.15, -0.1) is 11.8 Å². The molecule has 1 fully saturated rings. The molecule has 6 heteroatoms. The van der Waals surface area contributed by atoms with Gasteiger partial charge in [0.25, 0.3) is 5.89 Å². The van der Waals surface area contributed by atoms with E-state index < -0.39 is 0 Å². The van der Waals surface area contributed by atoms with Crippen LogP contribution in [0.4, 0.5) is 0 Å². The van der Waals surface area contributed by atoms with Gasteiger partial charge in [-0.25, -0.2) is 0 Å². The Kier molecular flexibility index (Phi) is 5.22. The molecule has 1 saturated heterocycles. The highest BCUT2D eigenvalue weighted by Gasteiger charge is 2.22. The molecular formula is C15H19N3OS2. The number of benzene rings is 1. The van der Waals surface area contributed by atoms with Crippen LogP contribution >= 0.6 is 23.5 Å². The summed E-state index contributed by atoms with van der Waals surface area (Å²) in [6, 6.07) is 8.26. The molecule has 4 nitrogen and oxygen atoms in total. The van der Waals surface area contributed by atoms with E-state index in [4.69, 9.17) is 4.52 Å². The minimum Gasteiger partial charge on any atom is -0.334 e. The third-order valence-corrected chi connectivity index (χ3v) is 6.19. The number of hydrogen-bond acceptors (Lipinski definition) is 6. The van der Waals surface area contributed by atoms with Gasteiger partial charge in [0.05, 0.1) is 5.25 Å².